The maximum atomic E-state index is 12.8. The summed E-state index contributed by atoms with van der Waals surface area (Å²) in [6.45, 7) is 4.65. The minimum Gasteiger partial charge on any atom is -0.355 e. The molecule has 0 saturated heterocycles. The average molecular weight is 413 g/mol. The second-order valence-corrected chi connectivity index (χ2v) is 7.57. The van der Waals surface area contributed by atoms with E-state index in [4.69, 9.17) is 0 Å². The topological polar surface area (TPSA) is 84.3 Å². The number of likely N-dealkylation sites (N-methyl/N-ethyl adjacent to an activating group) is 2. The van der Waals surface area contributed by atoms with E-state index in [0.717, 1.165) is 10.8 Å². The maximum absolute atomic E-state index is 12.8. The Balaban J connectivity index is 1.83. The molecule has 8 heteroatoms. The highest BCUT2D eigenvalue weighted by Crippen LogP contribution is 2.22. The molecule has 1 aromatic heterocycles. The van der Waals surface area contributed by atoms with Gasteiger partial charge in [-0.05, 0) is 36.8 Å². The number of nitrogens with zero attached hydrogens (tertiary/aromatic N) is 3. The third-order valence-corrected chi connectivity index (χ3v) is 5.68. The van der Waals surface area contributed by atoms with Gasteiger partial charge in [-0.2, -0.15) is 0 Å². The van der Waals surface area contributed by atoms with Crippen molar-refractivity contribution in [2.45, 2.75) is 19.0 Å². The first kappa shape index (κ1) is 20.9. The van der Waals surface area contributed by atoms with Crippen LogP contribution in [-0.4, -0.2) is 51.7 Å². The van der Waals surface area contributed by atoms with Crippen LogP contribution >= 0.6 is 11.8 Å². The van der Waals surface area contributed by atoms with Crippen LogP contribution in [0.15, 0.2) is 46.3 Å². The van der Waals surface area contributed by atoms with E-state index in [-0.39, 0.29) is 29.7 Å². The molecule has 0 aliphatic rings. The first-order chi connectivity index (χ1) is 13.9. The van der Waals surface area contributed by atoms with Crippen molar-refractivity contribution >= 4 is 45.3 Å². The van der Waals surface area contributed by atoms with E-state index in [1.807, 2.05) is 50.2 Å². The van der Waals surface area contributed by atoms with E-state index in [2.05, 4.69) is 10.3 Å². The number of nitrogens with one attached hydrogen (secondary N) is 1. The quantitative estimate of drug-likeness (QED) is 0.365. The Bertz CT molecular complexity index is 1130. The van der Waals surface area contributed by atoms with Gasteiger partial charge in [0.25, 0.3) is 5.56 Å². The Labute approximate surface area is 173 Å². The second kappa shape index (κ2) is 9.09. The Morgan fingerprint density at radius 3 is 2.52 bits per heavy atom. The van der Waals surface area contributed by atoms with Crippen molar-refractivity contribution in [1.29, 1.82) is 0 Å². The number of amides is 2. The number of benzene rings is 2. The van der Waals surface area contributed by atoms with E-state index in [1.165, 1.54) is 21.2 Å². The summed E-state index contributed by atoms with van der Waals surface area (Å²) in [5.74, 6) is -0.250. The fourth-order valence-corrected chi connectivity index (χ4v) is 3.96. The molecule has 29 heavy (non-hydrogen) atoms. The number of fused-ring (bicyclic) bond motifs is 2. The molecule has 0 spiro atoms. The van der Waals surface area contributed by atoms with E-state index in [0.29, 0.717) is 29.1 Å². The smallest absolute Gasteiger partial charge is 0.261 e. The highest BCUT2D eigenvalue weighted by Gasteiger charge is 2.17. The molecule has 152 valence electrons. The van der Waals surface area contributed by atoms with Crippen LogP contribution in [0.25, 0.3) is 21.7 Å². The molecule has 1 heterocycles. The molecule has 0 radical (unpaired) electrons. The fraction of sp³-hybridized carbons (Fsp3) is 0.333. The largest absolute Gasteiger partial charge is 0.355 e. The normalized spacial score (nSPS) is 11.0. The highest BCUT2D eigenvalue weighted by molar-refractivity contribution is 7.99. The first-order valence-electron chi connectivity index (χ1n) is 9.51. The minimum atomic E-state index is -0.184. The van der Waals surface area contributed by atoms with E-state index < -0.39 is 0 Å². The van der Waals surface area contributed by atoms with E-state index in [9.17, 15) is 14.4 Å². The maximum Gasteiger partial charge on any atom is 0.261 e. The van der Waals surface area contributed by atoms with Gasteiger partial charge in [0.15, 0.2) is 5.16 Å². The highest BCUT2D eigenvalue weighted by atomic mass is 32.2. The third-order valence-electron chi connectivity index (χ3n) is 4.67. The summed E-state index contributed by atoms with van der Waals surface area (Å²) < 4.78 is 1.47. The monoisotopic (exact) mass is 412 g/mol. The fourth-order valence-electron chi connectivity index (χ4n) is 3.09. The third kappa shape index (κ3) is 4.59. The number of hydrogen-bond acceptors (Lipinski definition) is 5. The van der Waals surface area contributed by atoms with Crippen LogP contribution in [0.5, 0.6) is 0 Å². The summed E-state index contributed by atoms with van der Waals surface area (Å²) in [6, 6.07) is 11.6. The Hall–Kier alpha value is -2.87. The SMILES string of the molecule is CCNC(=O)CN(CC)C(=O)CSc1nc2cc3ccccc3cc2c(=O)n1C. The number of hydrogen-bond donors (Lipinski definition) is 1. The molecular weight excluding hydrogens is 388 g/mol. The molecular formula is C21H24N4O3S. The Morgan fingerprint density at radius 1 is 1.17 bits per heavy atom. The lowest BCUT2D eigenvalue weighted by Crippen LogP contribution is -2.41. The molecule has 0 aliphatic heterocycles. The molecule has 0 bridgehead atoms. The molecule has 1 N–H and O–H groups in total. The van der Waals surface area contributed by atoms with Gasteiger partial charge >= 0.3 is 0 Å². The lowest BCUT2D eigenvalue weighted by molar-refractivity contribution is -0.133. The first-order valence-corrected chi connectivity index (χ1v) is 10.5. The van der Waals surface area contributed by atoms with Crippen molar-refractivity contribution in [3.8, 4) is 0 Å². The summed E-state index contributed by atoms with van der Waals surface area (Å²) in [6.07, 6.45) is 0. The lowest BCUT2D eigenvalue weighted by Gasteiger charge is -2.20. The molecule has 3 rings (SSSR count). The van der Waals surface area contributed by atoms with Crippen LogP contribution in [-0.2, 0) is 16.6 Å². The number of aromatic nitrogens is 2. The lowest BCUT2D eigenvalue weighted by atomic mass is 10.1. The Morgan fingerprint density at radius 2 is 1.86 bits per heavy atom. The zero-order valence-electron chi connectivity index (χ0n) is 16.8. The summed E-state index contributed by atoms with van der Waals surface area (Å²) >= 11 is 1.20. The summed E-state index contributed by atoms with van der Waals surface area (Å²) in [7, 11) is 1.66. The van der Waals surface area contributed by atoms with Crippen molar-refractivity contribution in [3.05, 3.63) is 46.8 Å². The molecule has 7 nitrogen and oxygen atoms in total. The van der Waals surface area contributed by atoms with Crippen LogP contribution < -0.4 is 10.9 Å². The number of carbonyl (C=O) groups is 2. The predicted molar refractivity (Wildman–Crippen MR) is 116 cm³/mol. The van der Waals surface area contributed by atoms with Crippen LogP contribution in [0.4, 0.5) is 0 Å². The average Bonchev–Trinajstić information content (AvgIpc) is 2.72. The van der Waals surface area contributed by atoms with Crippen LogP contribution in [0.1, 0.15) is 13.8 Å². The van der Waals surface area contributed by atoms with Gasteiger partial charge in [-0.25, -0.2) is 4.98 Å². The summed E-state index contributed by atoms with van der Waals surface area (Å²) in [5, 5.41) is 5.71. The molecule has 0 saturated carbocycles. The van der Waals surface area contributed by atoms with Gasteiger partial charge in [0, 0.05) is 20.1 Å². The van der Waals surface area contributed by atoms with Gasteiger partial charge in [-0.15, -0.1) is 0 Å². The van der Waals surface area contributed by atoms with Gasteiger partial charge < -0.3 is 10.2 Å². The zero-order chi connectivity index (χ0) is 21.0. The number of rotatable bonds is 7. The van der Waals surface area contributed by atoms with E-state index in [1.54, 1.807) is 7.05 Å². The second-order valence-electron chi connectivity index (χ2n) is 6.63. The zero-order valence-corrected chi connectivity index (χ0v) is 17.6. The van der Waals surface area contributed by atoms with Crippen LogP contribution in [0.2, 0.25) is 0 Å². The predicted octanol–water partition coefficient (Wildman–Crippen LogP) is 2.16. The number of thioether (sulfide) groups is 1. The van der Waals surface area contributed by atoms with Crippen LogP contribution in [0, 0.1) is 0 Å². The standard InChI is InChI=1S/C21H24N4O3S/c1-4-22-18(26)12-25(5-2)19(27)13-29-21-23-17-11-15-9-7-6-8-14(15)10-16(17)20(28)24(21)3/h6-11H,4-5,12-13H2,1-3H3,(H,22,26). The molecule has 3 aromatic rings. The van der Waals surface area contributed by atoms with Crippen molar-refractivity contribution in [1.82, 2.24) is 19.8 Å². The van der Waals surface area contributed by atoms with Gasteiger partial charge in [0.05, 0.1) is 23.2 Å². The van der Waals surface area contributed by atoms with Crippen molar-refractivity contribution in [3.63, 3.8) is 0 Å². The van der Waals surface area contributed by atoms with Crippen molar-refractivity contribution < 1.29 is 9.59 Å². The van der Waals surface area contributed by atoms with Gasteiger partial charge in [-0.1, -0.05) is 36.0 Å². The summed E-state index contributed by atoms with van der Waals surface area (Å²) in [5.41, 5.74) is 0.460. The van der Waals surface area contributed by atoms with Crippen LogP contribution in [0.3, 0.4) is 0 Å². The molecule has 2 amide bonds. The molecule has 0 atom stereocenters. The number of carbonyl (C=O) groups excluding carboxylic acids is 2. The summed E-state index contributed by atoms with van der Waals surface area (Å²) in [4.78, 5) is 43.2. The Kier molecular flexibility index (Phi) is 6.53. The van der Waals surface area contributed by atoms with Crippen molar-refractivity contribution in [2.75, 3.05) is 25.4 Å². The van der Waals surface area contributed by atoms with Gasteiger partial charge in [0.2, 0.25) is 11.8 Å². The minimum absolute atomic E-state index is 0.0276. The van der Waals surface area contributed by atoms with Gasteiger partial charge in [0.1, 0.15) is 0 Å². The molecule has 0 fully saturated rings. The van der Waals surface area contributed by atoms with Crippen molar-refractivity contribution in [2.24, 2.45) is 7.05 Å². The van der Waals surface area contributed by atoms with Gasteiger partial charge in [-0.3, -0.25) is 19.0 Å². The molecule has 0 aliphatic carbocycles. The molecule has 2 aromatic carbocycles. The van der Waals surface area contributed by atoms with E-state index >= 15 is 0 Å². The molecule has 0 unspecified atom stereocenters.